The molecule has 0 aromatic heterocycles. The quantitative estimate of drug-likeness (QED) is 0.695. The van der Waals surface area contributed by atoms with E-state index in [1.807, 2.05) is 0 Å². The van der Waals surface area contributed by atoms with Crippen LogP contribution in [0.2, 0.25) is 0 Å². The Morgan fingerprint density at radius 3 is 2.33 bits per heavy atom. The number of hydrogen-bond acceptors (Lipinski definition) is 2. The first-order valence-electron chi connectivity index (χ1n) is 7.09. The molecule has 2 heteroatoms. The summed E-state index contributed by atoms with van der Waals surface area (Å²) in [5.41, 5.74) is 5.80. The van der Waals surface area contributed by atoms with Crippen LogP contribution in [-0.2, 0) is 11.3 Å². The average Bonchev–Trinajstić information content (AvgIpc) is 2.36. The van der Waals surface area contributed by atoms with Crippen LogP contribution in [0, 0.1) is 5.92 Å². The molecule has 1 N–H and O–H groups in total. The van der Waals surface area contributed by atoms with Crippen LogP contribution >= 0.6 is 0 Å². The molecule has 1 aromatic carbocycles. The second kappa shape index (κ2) is 8.28. The number of aryl methyl sites for hydroxylation is 1. The van der Waals surface area contributed by atoms with Gasteiger partial charge in [-0.25, -0.2) is 0 Å². The lowest BCUT2D eigenvalue weighted by molar-refractivity contribution is 0.00409. The van der Waals surface area contributed by atoms with Crippen molar-refractivity contribution < 1.29 is 4.84 Å². The number of rotatable bonds is 8. The van der Waals surface area contributed by atoms with Crippen LogP contribution < -0.4 is 5.48 Å². The van der Waals surface area contributed by atoms with E-state index in [4.69, 9.17) is 4.84 Å². The Morgan fingerprint density at radius 2 is 1.78 bits per heavy atom. The van der Waals surface area contributed by atoms with Gasteiger partial charge in [-0.1, -0.05) is 51.5 Å². The summed E-state index contributed by atoms with van der Waals surface area (Å²) < 4.78 is 0. The molecule has 0 radical (unpaired) electrons. The summed E-state index contributed by atoms with van der Waals surface area (Å²) in [7, 11) is 0. The third-order valence-corrected chi connectivity index (χ3v) is 2.98. The molecule has 0 saturated carbocycles. The maximum absolute atomic E-state index is 5.46. The minimum atomic E-state index is 0.240. The predicted octanol–water partition coefficient (Wildman–Crippen LogP) is 4.27. The second-order valence-electron chi connectivity index (χ2n) is 5.39. The Bertz CT molecular complexity index is 318. The molecule has 1 atom stereocenters. The summed E-state index contributed by atoms with van der Waals surface area (Å²) in [6, 6.07) is 9.09. The van der Waals surface area contributed by atoms with Crippen LogP contribution in [0.25, 0.3) is 0 Å². The first kappa shape index (κ1) is 15.2. The molecule has 0 spiro atoms. The van der Waals surface area contributed by atoms with Crippen LogP contribution in [0.1, 0.15) is 57.7 Å². The molecule has 0 bridgehead atoms. The van der Waals surface area contributed by atoms with Crippen LogP contribution in [-0.4, -0.2) is 6.61 Å². The fraction of sp³-hybridized carbons (Fsp3) is 0.625. The van der Waals surface area contributed by atoms with Crippen molar-refractivity contribution >= 4 is 0 Å². The number of unbranched alkanes of at least 4 members (excludes halogenated alkanes) is 1. The normalized spacial score (nSPS) is 12.9. The van der Waals surface area contributed by atoms with E-state index in [-0.39, 0.29) is 6.04 Å². The summed E-state index contributed by atoms with van der Waals surface area (Å²) in [4.78, 5) is 5.46. The molecule has 102 valence electrons. The molecule has 18 heavy (non-hydrogen) atoms. The molecular weight excluding hydrogens is 222 g/mol. The van der Waals surface area contributed by atoms with Gasteiger partial charge in [0.1, 0.15) is 0 Å². The van der Waals surface area contributed by atoms with Crippen molar-refractivity contribution in [2.75, 3.05) is 6.61 Å². The van der Waals surface area contributed by atoms with E-state index in [2.05, 4.69) is 57.4 Å². The van der Waals surface area contributed by atoms with Crippen molar-refractivity contribution in [2.45, 2.75) is 53.0 Å². The fourth-order valence-corrected chi connectivity index (χ4v) is 1.76. The largest absolute Gasteiger partial charge is 0.301 e. The van der Waals surface area contributed by atoms with E-state index in [1.165, 1.54) is 30.4 Å². The van der Waals surface area contributed by atoms with E-state index < -0.39 is 0 Å². The molecule has 1 unspecified atom stereocenters. The minimum absolute atomic E-state index is 0.240. The van der Waals surface area contributed by atoms with Crippen LogP contribution in [0.3, 0.4) is 0 Å². The van der Waals surface area contributed by atoms with Gasteiger partial charge in [0, 0.05) is 0 Å². The van der Waals surface area contributed by atoms with Gasteiger partial charge in [0.2, 0.25) is 0 Å². The van der Waals surface area contributed by atoms with Crippen LogP contribution in [0.4, 0.5) is 0 Å². The summed E-state index contributed by atoms with van der Waals surface area (Å²) >= 11 is 0. The molecule has 0 aliphatic carbocycles. The van der Waals surface area contributed by atoms with Gasteiger partial charge in [-0.05, 0) is 36.8 Å². The molecule has 1 rings (SSSR count). The third kappa shape index (κ3) is 5.65. The number of benzene rings is 1. The predicted molar refractivity (Wildman–Crippen MR) is 77.4 cm³/mol. The zero-order valence-corrected chi connectivity index (χ0v) is 12.2. The Balaban J connectivity index is 2.40. The Morgan fingerprint density at radius 1 is 1.11 bits per heavy atom. The molecule has 0 aliphatic rings. The van der Waals surface area contributed by atoms with Crippen molar-refractivity contribution in [2.24, 2.45) is 5.92 Å². The lowest BCUT2D eigenvalue weighted by Crippen LogP contribution is -2.21. The Hall–Kier alpha value is -0.860. The van der Waals surface area contributed by atoms with Gasteiger partial charge in [0.25, 0.3) is 0 Å². The van der Waals surface area contributed by atoms with Gasteiger partial charge in [-0.3, -0.25) is 0 Å². The zero-order valence-electron chi connectivity index (χ0n) is 12.2. The van der Waals surface area contributed by atoms with E-state index >= 15 is 0 Å². The second-order valence-corrected chi connectivity index (χ2v) is 5.39. The van der Waals surface area contributed by atoms with Crippen molar-refractivity contribution in [1.29, 1.82) is 0 Å². The molecular formula is C16H27NO. The highest BCUT2D eigenvalue weighted by Gasteiger charge is 2.05. The molecule has 1 aromatic rings. The maximum atomic E-state index is 5.46. The first-order chi connectivity index (χ1) is 8.63. The Labute approximate surface area is 112 Å². The summed E-state index contributed by atoms with van der Waals surface area (Å²) in [6.07, 6.45) is 3.70. The van der Waals surface area contributed by atoms with Gasteiger partial charge < -0.3 is 4.84 Å². The van der Waals surface area contributed by atoms with Crippen molar-refractivity contribution in [3.8, 4) is 0 Å². The topological polar surface area (TPSA) is 21.3 Å². The van der Waals surface area contributed by atoms with Crippen molar-refractivity contribution in [1.82, 2.24) is 5.48 Å². The van der Waals surface area contributed by atoms with Gasteiger partial charge in [0.05, 0.1) is 12.6 Å². The standard InChI is InChI=1S/C16H27NO/c1-5-6-7-15-8-10-16(11-9-15)14(4)17-18-12-13(2)3/h8-11,13-14,17H,5-7,12H2,1-4H3. The maximum Gasteiger partial charge on any atom is 0.0705 e. The average molecular weight is 249 g/mol. The summed E-state index contributed by atoms with van der Waals surface area (Å²) in [6.45, 7) is 9.40. The summed E-state index contributed by atoms with van der Waals surface area (Å²) in [5.74, 6) is 0.557. The highest BCUT2D eigenvalue weighted by atomic mass is 16.6. The zero-order chi connectivity index (χ0) is 13.4. The monoisotopic (exact) mass is 249 g/mol. The van der Waals surface area contributed by atoms with Gasteiger partial charge in [-0.15, -0.1) is 0 Å². The first-order valence-corrected chi connectivity index (χ1v) is 7.09. The van der Waals surface area contributed by atoms with Gasteiger partial charge in [-0.2, -0.15) is 5.48 Å². The number of nitrogens with one attached hydrogen (secondary N) is 1. The van der Waals surface area contributed by atoms with Crippen molar-refractivity contribution in [3.63, 3.8) is 0 Å². The highest BCUT2D eigenvalue weighted by molar-refractivity contribution is 5.24. The summed E-state index contributed by atoms with van der Waals surface area (Å²) in [5, 5.41) is 0. The molecule has 0 aliphatic heterocycles. The fourth-order valence-electron chi connectivity index (χ4n) is 1.76. The smallest absolute Gasteiger partial charge is 0.0705 e. The molecule has 0 heterocycles. The van der Waals surface area contributed by atoms with E-state index in [9.17, 15) is 0 Å². The van der Waals surface area contributed by atoms with E-state index in [1.54, 1.807) is 0 Å². The number of hydroxylamine groups is 1. The van der Waals surface area contributed by atoms with Crippen molar-refractivity contribution in [3.05, 3.63) is 35.4 Å². The van der Waals surface area contributed by atoms with E-state index in [0.29, 0.717) is 5.92 Å². The van der Waals surface area contributed by atoms with E-state index in [0.717, 1.165) is 6.61 Å². The SMILES string of the molecule is CCCCc1ccc(C(C)NOCC(C)C)cc1. The van der Waals surface area contributed by atoms with Gasteiger partial charge in [0.15, 0.2) is 0 Å². The van der Waals surface area contributed by atoms with Crippen LogP contribution in [0.5, 0.6) is 0 Å². The highest BCUT2D eigenvalue weighted by Crippen LogP contribution is 2.14. The molecule has 2 nitrogen and oxygen atoms in total. The molecule has 0 saturated heterocycles. The number of hydrogen-bond donors (Lipinski definition) is 1. The van der Waals surface area contributed by atoms with Crippen LogP contribution in [0.15, 0.2) is 24.3 Å². The molecule has 0 fully saturated rings. The third-order valence-electron chi connectivity index (χ3n) is 2.98. The molecule has 0 amide bonds. The lowest BCUT2D eigenvalue weighted by Gasteiger charge is -2.15. The Kier molecular flexibility index (Phi) is 6.99. The minimum Gasteiger partial charge on any atom is -0.301 e. The van der Waals surface area contributed by atoms with Gasteiger partial charge >= 0.3 is 0 Å². The lowest BCUT2D eigenvalue weighted by atomic mass is 10.0.